The number of hydrogen-bond donors (Lipinski definition) is 2. The van der Waals surface area contributed by atoms with Crippen molar-refractivity contribution in [3.8, 4) is 5.75 Å². The summed E-state index contributed by atoms with van der Waals surface area (Å²) >= 11 is 7.34. The molecule has 0 aliphatic heterocycles. The van der Waals surface area contributed by atoms with Gasteiger partial charge in [0.1, 0.15) is 18.5 Å². The van der Waals surface area contributed by atoms with Gasteiger partial charge in [0.2, 0.25) is 0 Å². The highest BCUT2D eigenvalue weighted by molar-refractivity contribution is 7.99. The van der Waals surface area contributed by atoms with Gasteiger partial charge in [0.15, 0.2) is 16.3 Å². The van der Waals surface area contributed by atoms with Crippen molar-refractivity contribution in [1.82, 2.24) is 19.1 Å². The first-order valence-corrected chi connectivity index (χ1v) is 10.5. The van der Waals surface area contributed by atoms with Gasteiger partial charge >= 0.3 is 5.69 Å². The summed E-state index contributed by atoms with van der Waals surface area (Å²) in [6, 6.07) is 6.83. The molecule has 0 radical (unpaired) electrons. The summed E-state index contributed by atoms with van der Waals surface area (Å²) in [5.74, 6) is 1.78. The number of ether oxygens (including phenoxy) is 1. The highest BCUT2D eigenvalue weighted by Gasteiger charge is 2.20. The van der Waals surface area contributed by atoms with Gasteiger partial charge in [-0.15, -0.1) is 0 Å². The highest BCUT2D eigenvalue weighted by atomic mass is 35.5. The zero-order valence-electron chi connectivity index (χ0n) is 16.4. The van der Waals surface area contributed by atoms with E-state index in [4.69, 9.17) is 16.3 Å². The molecule has 10 heteroatoms. The summed E-state index contributed by atoms with van der Waals surface area (Å²) < 4.78 is 8.55. The number of nitrogens with one attached hydrogen (secondary N) is 1. The number of aryl methyl sites for hydroxylation is 1. The highest BCUT2D eigenvalue weighted by Crippen LogP contribution is 2.24. The molecule has 0 amide bonds. The number of rotatable bonds is 8. The van der Waals surface area contributed by atoms with Crippen molar-refractivity contribution < 1.29 is 9.84 Å². The summed E-state index contributed by atoms with van der Waals surface area (Å²) in [7, 11) is 1.55. The number of aliphatic hydroxyl groups excluding tert-OH is 1. The second-order valence-electron chi connectivity index (χ2n) is 7.12. The number of halogens is 1. The number of benzene rings is 1. The molecule has 0 unspecified atom stereocenters. The summed E-state index contributed by atoms with van der Waals surface area (Å²) in [5.41, 5.74) is -0.517. The third-order valence-corrected chi connectivity index (χ3v) is 5.82. The van der Waals surface area contributed by atoms with Crippen LogP contribution >= 0.6 is 23.4 Å². The standard InChI is InChI=1S/C19H23ClN4O4S/c1-11(2)10-29-19-21-16-15(17(26)22-18(27)23(16)3)24(19)8-13(25)9-28-14-6-4-12(20)5-7-14/h4-7,11,13,25H,8-10H2,1-3H3,(H,22,26,27)/t13-/m0/s1. The molecule has 2 N–H and O–H groups in total. The van der Waals surface area contributed by atoms with Crippen LogP contribution in [-0.2, 0) is 13.6 Å². The minimum Gasteiger partial charge on any atom is -0.491 e. The van der Waals surface area contributed by atoms with Crippen LogP contribution in [0.15, 0.2) is 39.0 Å². The van der Waals surface area contributed by atoms with Gasteiger partial charge in [0.05, 0.1) is 6.54 Å². The molecule has 3 rings (SSSR count). The fourth-order valence-corrected chi connectivity index (χ4v) is 3.80. The van der Waals surface area contributed by atoms with Crippen molar-refractivity contribution in [2.24, 2.45) is 13.0 Å². The Morgan fingerprint density at radius 1 is 1.28 bits per heavy atom. The number of thioether (sulfide) groups is 1. The number of fused-ring (bicyclic) bond motifs is 1. The Labute approximate surface area is 176 Å². The molecule has 8 nitrogen and oxygen atoms in total. The van der Waals surface area contributed by atoms with Crippen molar-refractivity contribution in [3.05, 3.63) is 50.1 Å². The summed E-state index contributed by atoms with van der Waals surface area (Å²) in [6.45, 7) is 4.29. The van der Waals surface area contributed by atoms with Gasteiger partial charge in [-0.25, -0.2) is 9.78 Å². The Hall–Kier alpha value is -2.23. The van der Waals surface area contributed by atoms with Crippen molar-refractivity contribution in [2.75, 3.05) is 12.4 Å². The van der Waals surface area contributed by atoms with Crippen molar-refractivity contribution in [1.29, 1.82) is 0 Å². The molecule has 0 bridgehead atoms. The molecule has 0 saturated heterocycles. The molecule has 0 aliphatic rings. The molecule has 2 heterocycles. The van der Waals surface area contributed by atoms with Gasteiger partial charge in [-0.3, -0.25) is 14.3 Å². The van der Waals surface area contributed by atoms with Crippen LogP contribution in [0.4, 0.5) is 0 Å². The van der Waals surface area contributed by atoms with E-state index >= 15 is 0 Å². The molecule has 0 aliphatic carbocycles. The topological polar surface area (TPSA) is 102 Å². The molecule has 0 saturated carbocycles. The van der Waals surface area contributed by atoms with Crippen LogP contribution in [0.3, 0.4) is 0 Å². The lowest BCUT2D eigenvalue weighted by atomic mass is 10.3. The predicted molar refractivity (Wildman–Crippen MR) is 114 cm³/mol. The first-order valence-electron chi connectivity index (χ1n) is 9.15. The smallest absolute Gasteiger partial charge is 0.329 e. The van der Waals surface area contributed by atoms with E-state index < -0.39 is 17.4 Å². The predicted octanol–water partition coefficient (Wildman–Crippen LogP) is 2.26. The van der Waals surface area contributed by atoms with Gasteiger partial charge < -0.3 is 14.4 Å². The third kappa shape index (κ3) is 5.04. The van der Waals surface area contributed by atoms with Crippen LogP contribution in [0.1, 0.15) is 13.8 Å². The average Bonchev–Trinajstić information content (AvgIpc) is 3.03. The molecule has 1 aromatic carbocycles. The lowest BCUT2D eigenvalue weighted by molar-refractivity contribution is 0.0914. The average molecular weight is 439 g/mol. The zero-order valence-corrected chi connectivity index (χ0v) is 18.0. The number of imidazole rings is 1. The van der Waals surface area contributed by atoms with E-state index in [1.54, 1.807) is 35.9 Å². The third-order valence-electron chi connectivity index (χ3n) is 4.17. The maximum atomic E-state index is 12.5. The maximum absolute atomic E-state index is 12.5. The number of hydrogen-bond acceptors (Lipinski definition) is 6. The fraction of sp³-hybridized carbons (Fsp3) is 0.421. The summed E-state index contributed by atoms with van der Waals surface area (Å²) in [6.07, 6.45) is -0.891. The molecule has 0 fully saturated rings. The first-order chi connectivity index (χ1) is 13.8. The van der Waals surface area contributed by atoms with Crippen LogP contribution in [0.25, 0.3) is 11.2 Å². The normalized spacial score (nSPS) is 12.6. The molecular weight excluding hydrogens is 416 g/mol. The van der Waals surface area contributed by atoms with E-state index in [2.05, 4.69) is 23.8 Å². The largest absolute Gasteiger partial charge is 0.491 e. The molecule has 3 aromatic rings. The van der Waals surface area contributed by atoms with E-state index in [1.165, 1.54) is 16.3 Å². The lowest BCUT2D eigenvalue weighted by Gasteiger charge is -2.15. The number of nitrogens with zero attached hydrogens (tertiary/aromatic N) is 3. The summed E-state index contributed by atoms with van der Waals surface area (Å²) in [4.78, 5) is 31.2. The number of H-pyrrole nitrogens is 1. The Morgan fingerprint density at radius 2 is 1.97 bits per heavy atom. The van der Waals surface area contributed by atoms with Gasteiger partial charge in [0, 0.05) is 17.8 Å². The number of aromatic nitrogens is 4. The van der Waals surface area contributed by atoms with E-state index in [1.807, 2.05) is 0 Å². The van der Waals surface area contributed by atoms with Crippen LogP contribution in [0.2, 0.25) is 5.02 Å². The van der Waals surface area contributed by atoms with E-state index in [0.717, 1.165) is 5.75 Å². The molecule has 2 aromatic heterocycles. The van der Waals surface area contributed by atoms with Crippen molar-refractivity contribution in [2.45, 2.75) is 31.7 Å². The quantitative estimate of drug-likeness (QED) is 0.523. The Balaban J connectivity index is 1.88. The first kappa shape index (κ1) is 21.5. The van der Waals surface area contributed by atoms with Crippen LogP contribution < -0.4 is 16.0 Å². The molecule has 1 atom stereocenters. The minimum absolute atomic E-state index is 0.0270. The zero-order chi connectivity index (χ0) is 21.1. The number of aromatic amines is 1. The minimum atomic E-state index is -0.891. The van der Waals surface area contributed by atoms with Gasteiger partial charge in [-0.1, -0.05) is 37.2 Å². The van der Waals surface area contributed by atoms with Gasteiger partial charge in [-0.2, -0.15) is 0 Å². The molecule has 0 spiro atoms. The monoisotopic (exact) mass is 438 g/mol. The SMILES string of the molecule is CC(C)CSc1nc2c(c(=O)[nH]c(=O)n2C)n1C[C@H](O)COc1ccc(Cl)cc1. The molecule has 29 heavy (non-hydrogen) atoms. The molecule has 156 valence electrons. The van der Waals surface area contributed by atoms with E-state index in [-0.39, 0.29) is 24.3 Å². The number of aliphatic hydroxyl groups is 1. The Bertz CT molecular complexity index is 1100. The Morgan fingerprint density at radius 3 is 2.62 bits per heavy atom. The van der Waals surface area contributed by atoms with E-state index in [9.17, 15) is 14.7 Å². The van der Waals surface area contributed by atoms with Crippen LogP contribution in [-0.4, -0.2) is 42.7 Å². The maximum Gasteiger partial charge on any atom is 0.329 e. The van der Waals surface area contributed by atoms with Gasteiger partial charge in [-0.05, 0) is 30.2 Å². The lowest BCUT2D eigenvalue weighted by Crippen LogP contribution is -2.30. The molecular formula is C19H23ClN4O4S. The van der Waals surface area contributed by atoms with Crippen molar-refractivity contribution >= 4 is 34.5 Å². The summed E-state index contributed by atoms with van der Waals surface area (Å²) in [5, 5.41) is 11.7. The Kier molecular flexibility index (Phi) is 6.71. The van der Waals surface area contributed by atoms with Crippen molar-refractivity contribution in [3.63, 3.8) is 0 Å². The second kappa shape index (κ2) is 9.06. The van der Waals surface area contributed by atoms with Crippen LogP contribution in [0.5, 0.6) is 5.75 Å². The fourth-order valence-electron chi connectivity index (χ4n) is 2.72. The van der Waals surface area contributed by atoms with Gasteiger partial charge in [0.25, 0.3) is 5.56 Å². The van der Waals surface area contributed by atoms with E-state index in [0.29, 0.717) is 21.8 Å². The van der Waals surface area contributed by atoms with Crippen LogP contribution in [0, 0.1) is 5.92 Å². The second-order valence-corrected chi connectivity index (χ2v) is 8.54.